The van der Waals surface area contributed by atoms with Gasteiger partial charge >= 0.3 is 0 Å². The predicted molar refractivity (Wildman–Crippen MR) is 164 cm³/mol. The molecule has 0 aromatic heterocycles. The van der Waals surface area contributed by atoms with E-state index in [1.807, 2.05) is 0 Å². The zero-order chi connectivity index (χ0) is 31.1. The molecule has 0 spiro atoms. The molecule has 0 aliphatic carbocycles. The molecule has 2 heterocycles. The lowest BCUT2D eigenvalue weighted by Crippen LogP contribution is -2.35. The molecule has 0 radical (unpaired) electrons. The van der Waals surface area contributed by atoms with Crippen LogP contribution in [-0.2, 0) is 22.3 Å². The second-order valence-electron chi connectivity index (χ2n) is 10.4. The van der Waals surface area contributed by atoms with Crippen molar-refractivity contribution in [2.75, 3.05) is 59.6 Å². The molecule has 0 N–H and O–H groups in total. The van der Waals surface area contributed by atoms with E-state index in [1.54, 1.807) is 26.4 Å². The highest BCUT2D eigenvalue weighted by Gasteiger charge is 2.29. The standard InChI is InChI=1S/C31H36N6O7/c1-40-18-23(41-2)19-44-31-24-8-6-14-36-13-5-7-20(30(24)36)15-27(31)35-34-26-17-28(42-3)25(16-29(26)43-4)33-32-21-9-11-22(12-10-21)37(38)39/h9-12,15-17,23H,5-8,13-14,18-19H2,1-4H3/b33-32+,35-34+. The minimum atomic E-state index is -0.469. The zero-order valence-corrected chi connectivity index (χ0v) is 25.3. The van der Waals surface area contributed by atoms with Gasteiger partial charge in [-0.3, -0.25) is 10.1 Å². The summed E-state index contributed by atoms with van der Waals surface area (Å²) in [6, 6.07) is 11.2. The normalized spacial score (nSPS) is 15.0. The quantitative estimate of drug-likeness (QED) is 0.113. The maximum absolute atomic E-state index is 10.9. The number of hydrogen-bond donors (Lipinski definition) is 0. The third-order valence-corrected chi connectivity index (χ3v) is 7.63. The number of non-ortho nitro benzene ring substituents is 1. The highest BCUT2D eigenvalue weighted by atomic mass is 16.6. The van der Waals surface area contributed by atoms with E-state index < -0.39 is 4.92 Å². The lowest BCUT2D eigenvalue weighted by atomic mass is 9.90. The number of rotatable bonds is 13. The van der Waals surface area contributed by atoms with Crippen molar-refractivity contribution in [2.24, 2.45) is 20.5 Å². The van der Waals surface area contributed by atoms with Gasteiger partial charge in [-0.25, -0.2) is 0 Å². The Morgan fingerprint density at radius 2 is 1.48 bits per heavy atom. The van der Waals surface area contributed by atoms with Crippen LogP contribution in [0.5, 0.6) is 17.2 Å². The molecular formula is C31H36N6O7. The summed E-state index contributed by atoms with van der Waals surface area (Å²) >= 11 is 0. The zero-order valence-electron chi connectivity index (χ0n) is 25.3. The van der Waals surface area contributed by atoms with Crippen molar-refractivity contribution >= 4 is 34.1 Å². The molecule has 13 heteroatoms. The van der Waals surface area contributed by atoms with Crippen LogP contribution in [-0.4, -0.2) is 65.8 Å². The Balaban J connectivity index is 1.48. The Kier molecular flexibility index (Phi) is 9.97. The van der Waals surface area contributed by atoms with Gasteiger partial charge in [0.2, 0.25) is 0 Å². The largest absolute Gasteiger partial charge is 0.494 e. The lowest BCUT2D eigenvalue weighted by molar-refractivity contribution is -0.384. The molecule has 1 unspecified atom stereocenters. The SMILES string of the molecule is COCC(COc1c(/N=N/c2cc(OC)c(/N=N/c3ccc([N+](=O)[O-])cc3)cc2OC)cc2c3c1CCCN3CCC2)OC. The molecule has 2 aliphatic rings. The summed E-state index contributed by atoms with van der Waals surface area (Å²) in [4.78, 5) is 12.9. The molecule has 5 rings (SSSR count). The van der Waals surface area contributed by atoms with Gasteiger partial charge in [0.25, 0.3) is 5.69 Å². The van der Waals surface area contributed by atoms with E-state index in [2.05, 4.69) is 31.4 Å². The fourth-order valence-corrected chi connectivity index (χ4v) is 5.48. The first-order valence-electron chi connectivity index (χ1n) is 14.4. The van der Waals surface area contributed by atoms with Crippen LogP contribution in [0.15, 0.2) is 62.9 Å². The van der Waals surface area contributed by atoms with Crippen molar-refractivity contribution in [3.8, 4) is 17.2 Å². The first-order valence-corrected chi connectivity index (χ1v) is 14.4. The second-order valence-corrected chi connectivity index (χ2v) is 10.4. The second kappa shape index (κ2) is 14.2. The van der Waals surface area contributed by atoms with Crippen LogP contribution in [0.25, 0.3) is 0 Å². The molecular weight excluding hydrogens is 568 g/mol. The summed E-state index contributed by atoms with van der Waals surface area (Å²) in [5.74, 6) is 1.52. The van der Waals surface area contributed by atoms with Crippen LogP contribution in [0.2, 0.25) is 0 Å². The van der Waals surface area contributed by atoms with Gasteiger partial charge in [-0.05, 0) is 49.4 Å². The van der Waals surface area contributed by atoms with Gasteiger partial charge in [-0.1, -0.05) is 0 Å². The van der Waals surface area contributed by atoms with Crippen molar-refractivity contribution in [2.45, 2.75) is 31.8 Å². The predicted octanol–water partition coefficient (Wildman–Crippen LogP) is 7.18. The number of benzene rings is 3. The van der Waals surface area contributed by atoms with Crippen LogP contribution in [0.3, 0.4) is 0 Å². The highest BCUT2D eigenvalue weighted by Crippen LogP contribution is 2.47. The Morgan fingerprint density at radius 1 is 0.841 bits per heavy atom. The lowest BCUT2D eigenvalue weighted by Gasteiger charge is -2.38. The molecule has 3 aromatic rings. The Morgan fingerprint density at radius 3 is 2.09 bits per heavy atom. The van der Waals surface area contributed by atoms with Gasteiger partial charge in [0.15, 0.2) is 5.75 Å². The number of aryl methyl sites for hydroxylation is 1. The Bertz CT molecular complexity index is 1540. The summed E-state index contributed by atoms with van der Waals surface area (Å²) in [5.41, 5.74) is 5.56. The van der Waals surface area contributed by atoms with E-state index >= 15 is 0 Å². The van der Waals surface area contributed by atoms with Gasteiger partial charge in [0.1, 0.15) is 41.3 Å². The summed E-state index contributed by atoms with van der Waals surface area (Å²) in [6.45, 7) is 2.79. The van der Waals surface area contributed by atoms with E-state index in [9.17, 15) is 10.1 Å². The molecule has 2 aliphatic heterocycles. The number of nitro benzene ring substituents is 1. The van der Waals surface area contributed by atoms with E-state index in [1.165, 1.54) is 49.7 Å². The Labute approximate surface area is 255 Å². The van der Waals surface area contributed by atoms with Gasteiger partial charge in [0, 0.05) is 62.8 Å². The molecule has 3 aromatic carbocycles. The minimum Gasteiger partial charge on any atom is -0.494 e. The average Bonchev–Trinajstić information content (AvgIpc) is 3.05. The van der Waals surface area contributed by atoms with Crippen molar-refractivity contribution in [1.29, 1.82) is 0 Å². The molecule has 0 fully saturated rings. The number of ether oxygens (including phenoxy) is 5. The molecule has 1 atom stereocenters. The summed E-state index contributed by atoms with van der Waals surface area (Å²) in [6.07, 6.45) is 3.76. The van der Waals surface area contributed by atoms with Crippen molar-refractivity contribution in [3.63, 3.8) is 0 Å². The molecule has 0 bridgehead atoms. The third-order valence-electron chi connectivity index (χ3n) is 7.63. The Hall–Kier alpha value is -4.62. The van der Waals surface area contributed by atoms with Crippen LogP contribution in [0.4, 0.5) is 34.1 Å². The van der Waals surface area contributed by atoms with Crippen LogP contribution >= 0.6 is 0 Å². The van der Waals surface area contributed by atoms with Gasteiger partial charge in [-0.15, -0.1) is 15.3 Å². The van der Waals surface area contributed by atoms with Gasteiger partial charge < -0.3 is 28.6 Å². The van der Waals surface area contributed by atoms with Gasteiger partial charge in [-0.2, -0.15) is 5.11 Å². The summed E-state index contributed by atoms with van der Waals surface area (Å²) in [5, 5.41) is 28.7. The maximum atomic E-state index is 10.9. The first-order chi connectivity index (χ1) is 21.4. The topological polar surface area (TPSA) is 142 Å². The molecule has 13 nitrogen and oxygen atoms in total. The smallest absolute Gasteiger partial charge is 0.269 e. The third kappa shape index (κ3) is 6.79. The van der Waals surface area contributed by atoms with E-state index in [0.717, 1.165) is 44.3 Å². The fraction of sp³-hybridized carbons (Fsp3) is 0.419. The minimum absolute atomic E-state index is 0.0273. The van der Waals surface area contributed by atoms with Crippen molar-refractivity contribution in [1.82, 2.24) is 0 Å². The highest BCUT2D eigenvalue weighted by molar-refractivity contribution is 5.75. The number of azo groups is 2. The van der Waals surface area contributed by atoms with Crippen molar-refractivity contribution in [3.05, 3.63) is 63.7 Å². The summed E-state index contributed by atoms with van der Waals surface area (Å²) in [7, 11) is 6.33. The first kappa shape index (κ1) is 30.8. The number of nitro groups is 1. The van der Waals surface area contributed by atoms with Crippen LogP contribution in [0.1, 0.15) is 24.0 Å². The van der Waals surface area contributed by atoms with Crippen LogP contribution < -0.4 is 19.1 Å². The van der Waals surface area contributed by atoms with Crippen molar-refractivity contribution < 1.29 is 28.6 Å². The number of hydrogen-bond acceptors (Lipinski definition) is 12. The molecule has 44 heavy (non-hydrogen) atoms. The molecule has 232 valence electrons. The van der Waals surface area contributed by atoms with E-state index in [0.29, 0.717) is 53.2 Å². The summed E-state index contributed by atoms with van der Waals surface area (Å²) < 4.78 is 28.4. The monoisotopic (exact) mass is 604 g/mol. The van der Waals surface area contributed by atoms with E-state index in [4.69, 9.17) is 23.7 Å². The fourth-order valence-electron chi connectivity index (χ4n) is 5.48. The number of anilines is 1. The number of nitrogens with zero attached hydrogens (tertiary/aromatic N) is 6. The molecule has 0 saturated heterocycles. The maximum Gasteiger partial charge on any atom is 0.269 e. The van der Waals surface area contributed by atoms with Crippen LogP contribution in [0, 0.1) is 10.1 Å². The molecule has 0 amide bonds. The van der Waals surface area contributed by atoms with Gasteiger partial charge in [0.05, 0.1) is 31.4 Å². The van der Waals surface area contributed by atoms with E-state index in [-0.39, 0.29) is 11.8 Å². The average molecular weight is 605 g/mol. The molecule has 0 saturated carbocycles. The number of methoxy groups -OCH3 is 4.